The number of piperidine rings is 1. The minimum atomic E-state index is -1.14. The number of likely N-dealkylation sites (tertiary alicyclic amines) is 1. The first-order valence-corrected chi connectivity index (χ1v) is 11.9. The lowest BCUT2D eigenvalue weighted by Gasteiger charge is -2.34. The van der Waals surface area contributed by atoms with E-state index in [9.17, 15) is 14.4 Å². The Morgan fingerprint density at radius 1 is 0.794 bits per heavy atom. The molecule has 0 bridgehead atoms. The van der Waals surface area contributed by atoms with Crippen molar-refractivity contribution in [3.05, 3.63) is 71.8 Å². The molecule has 1 saturated heterocycles. The Morgan fingerprint density at radius 2 is 1.38 bits per heavy atom. The molecule has 1 heterocycles. The van der Waals surface area contributed by atoms with Crippen molar-refractivity contribution in [3.8, 4) is 0 Å². The lowest BCUT2D eigenvalue weighted by atomic mass is 10.0. The number of hydrogen-bond donors (Lipinski definition) is 1. The van der Waals surface area contributed by atoms with Gasteiger partial charge in [-0.05, 0) is 64.4 Å². The van der Waals surface area contributed by atoms with Gasteiger partial charge in [0.1, 0.15) is 12.1 Å². The molecule has 0 saturated carbocycles. The van der Waals surface area contributed by atoms with Gasteiger partial charge in [0, 0.05) is 5.56 Å². The molecular weight excluding hydrogens is 432 g/mol. The third-order valence-electron chi connectivity index (χ3n) is 5.79. The SMILES string of the molecule is CC(C)OC(=O)[C@@H](NC(=O)c1ccccc1)[C@@H](C)OC(=O)[C@H](c1ccccc1)N1CCCCC1. The summed E-state index contributed by atoms with van der Waals surface area (Å²) in [5, 5.41) is 2.70. The molecule has 182 valence electrons. The fourth-order valence-electron chi connectivity index (χ4n) is 4.11. The molecule has 1 fully saturated rings. The first-order chi connectivity index (χ1) is 16.4. The van der Waals surface area contributed by atoms with Crippen molar-refractivity contribution in [1.82, 2.24) is 10.2 Å². The third kappa shape index (κ3) is 6.90. The van der Waals surface area contributed by atoms with E-state index in [-0.39, 0.29) is 6.10 Å². The van der Waals surface area contributed by atoms with Crippen LogP contribution in [-0.2, 0) is 19.1 Å². The molecule has 0 aliphatic carbocycles. The molecule has 0 spiro atoms. The summed E-state index contributed by atoms with van der Waals surface area (Å²) in [6.45, 7) is 6.66. The second kappa shape index (κ2) is 12.3. The van der Waals surface area contributed by atoms with Crippen LogP contribution in [0.4, 0.5) is 0 Å². The van der Waals surface area contributed by atoms with Crippen LogP contribution in [0.2, 0.25) is 0 Å². The van der Waals surface area contributed by atoms with Crippen LogP contribution in [0, 0.1) is 0 Å². The molecule has 3 atom stereocenters. The summed E-state index contributed by atoms with van der Waals surface area (Å²) >= 11 is 0. The van der Waals surface area contributed by atoms with Gasteiger partial charge in [0.15, 0.2) is 6.04 Å². The fraction of sp³-hybridized carbons (Fsp3) is 0.444. The molecule has 0 aromatic heterocycles. The lowest BCUT2D eigenvalue weighted by molar-refractivity contribution is -0.163. The van der Waals surface area contributed by atoms with Crippen LogP contribution in [0.5, 0.6) is 0 Å². The van der Waals surface area contributed by atoms with E-state index in [4.69, 9.17) is 9.47 Å². The molecule has 1 amide bonds. The largest absolute Gasteiger partial charge is 0.461 e. The maximum Gasteiger partial charge on any atom is 0.332 e. The Morgan fingerprint density at radius 3 is 1.97 bits per heavy atom. The Hall–Kier alpha value is -3.19. The van der Waals surface area contributed by atoms with Crippen molar-refractivity contribution < 1.29 is 23.9 Å². The van der Waals surface area contributed by atoms with Crippen LogP contribution in [-0.4, -0.2) is 54.1 Å². The quantitative estimate of drug-likeness (QED) is 0.565. The van der Waals surface area contributed by atoms with Crippen molar-refractivity contribution in [2.45, 2.75) is 64.3 Å². The smallest absolute Gasteiger partial charge is 0.332 e. The summed E-state index contributed by atoms with van der Waals surface area (Å²) in [5.41, 5.74) is 1.25. The number of hydrogen-bond acceptors (Lipinski definition) is 6. The Labute approximate surface area is 201 Å². The number of esters is 2. The first-order valence-electron chi connectivity index (χ1n) is 11.9. The van der Waals surface area contributed by atoms with E-state index < -0.39 is 36.0 Å². The summed E-state index contributed by atoms with van der Waals surface area (Å²) in [7, 11) is 0. The van der Waals surface area contributed by atoms with Gasteiger partial charge in [-0.1, -0.05) is 55.0 Å². The second-order valence-corrected chi connectivity index (χ2v) is 8.85. The van der Waals surface area contributed by atoms with E-state index in [0.29, 0.717) is 5.56 Å². The van der Waals surface area contributed by atoms with Crippen LogP contribution in [0.15, 0.2) is 60.7 Å². The average Bonchev–Trinajstić information content (AvgIpc) is 2.84. The minimum absolute atomic E-state index is 0.378. The van der Waals surface area contributed by atoms with E-state index in [1.54, 1.807) is 51.1 Å². The number of ether oxygens (including phenoxy) is 2. The molecule has 7 heteroatoms. The van der Waals surface area contributed by atoms with E-state index >= 15 is 0 Å². The van der Waals surface area contributed by atoms with Crippen molar-refractivity contribution in [1.29, 1.82) is 0 Å². The van der Waals surface area contributed by atoms with E-state index in [1.807, 2.05) is 30.3 Å². The molecular formula is C27H34N2O5. The molecule has 1 N–H and O–H groups in total. The van der Waals surface area contributed by atoms with Gasteiger partial charge >= 0.3 is 11.9 Å². The van der Waals surface area contributed by atoms with Crippen LogP contribution < -0.4 is 5.32 Å². The molecule has 2 aromatic carbocycles. The molecule has 1 aliphatic rings. The van der Waals surface area contributed by atoms with Crippen LogP contribution in [0.25, 0.3) is 0 Å². The van der Waals surface area contributed by atoms with Crippen molar-refractivity contribution in [2.75, 3.05) is 13.1 Å². The Kier molecular flexibility index (Phi) is 9.22. The van der Waals surface area contributed by atoms with Gasteiger partial charge in [-0.15, -0.1) is 0 Å². The molecule has 0 radical (unpaired) electrons. The molecule has 34 heavy (non-hydrogen) atoms. The highest BCUT2D eigenvalue weighted by molar-refractivity contribution is 5.97. The number of nitrogens with zero attached hydrogens (tertiary/aromatic N) is 1. The van der Waals surface area contributed by atoms with Crippen LogP contribution >= 0.6 is 0 Å². The zero-order valence-corrected chi connectivity index (χ0v) is 20.1. The first kappa shape index (κ1) is 25.4. The minimum Gasteiger partial charge on any atom is -0.461 e. The summed E-state index contributed by atoms with van der Waals surface area (Å²) in [6, 6.07) is 16.4. The fourth-order valence-corrected chi connectivity index (χ4v) is 4.11. The maximum absolute atomic E-state index is 13.4. The highest BCUT2D eigenvalue weighted by Gasteiger charge is 2.36. The number of rotatable bonds is 9. The highest BCUT2D eigenvalue weighted by atomic mass is 16.6. The zero-order valence-electron chi connectivity index (χ0n) is 20.1. The summed E-state index contributed by atoms with van der Waals surface area (Å²) < 4.78 is 11.2. The number of carbonyl (C=O) groups excluding carboxylic acids is 3. The van der Waals surface area contributed by atoms with Gasteiger partial charge in [-0.2, -0.15) is 0 Å². The summed E-state index contributed by atoms with van der Waals surface area (Å²) in [5.74, 6) is -1.53. The number of benzene rings is 2. The van der Waals surface area contributed by atoms with Gasteiger partial charge < -0.3 is 14.8 Å². The highest BCUT2D eigenvalue weighted by Crippen LogP contribution is 2.26. The van der Waals surface area contributed by atoms with Crippen molar-refractivity contribution in [2.24, 2.45) is 0 Å². The monoisotopic (exact) mass is 466 g/mol. The second-order valence-electron chi connectivity index (χ2n) is 8.85. The Bertz CT molecular complexity index is 942. The average molecular weight is 467 g/mol. The van der Waals surface area contributed by atoms with Crippen molar-refractivity contribution in [3.63, 3.8) is 0 Å². The van der Waals surface area contributed by atoms with Gasteiger partial charge in [-0.25, -0.2) is 9.59 Å². The van der Waals surface area contributed by atoms with Gasteiger partial charge in [0.05, 0.1) is 6.10 Å². The predicted octanol–water partition coefficient (Wildman–Crippen LogP) is 3.90. The van der Waals surface area contributed by atoms with Crippen LogP contribution in [0.3, 0.4) is 0 Å². The molecule has 1 aliphatic heterocycles. The Balaban J connectivity index is 1.79. The zero-order chi connectivity index (χ0) is 24.5. The molecule has 2 aromatic rings. The van der Waals surface area contributed by atoms with E-state index in [1.165, 1.54) is 0 Å². The number of amides is 1. The van der Waals surface area contributed by atoms with Crippen LogP contribution in [0.1, 0.15) is 62.0 Å². The topological polar surface area (TPSA) is 84.9 Å². The maximum atomic E-state index is 13.4. The standard InChI is InChI=1S/C27H34N2O5/c1-19(2)33-26(31)23(28-25(30)22-15-9-5-10-16-22)20(3)34-27(32)24(21-13-7-4-8-14-21)29-17-11-6-12-18-29/h4-5,7-10,13-16,19-20,23-24H,6,11-12,17-18H2,1-3H3,(H,28,30)/t20-,23+,24+/m1/s1. The van der Waals surface area contributed by atoms with Gasteiger partial charge in [0.25, 0.3) is 5.91 Å². The van der Waals surface area contributed by atoms with E-state index in [0.717, 1.165) is 37.9 Å². The van der Waals surface area contributed by atoms with Gasteiger partial charge in [-0.3, -0.25) is 9.69 Å². The molecule has 3 rings (SSSR count). The summed E-state index contributed by atoms with van der Waals surface area (Å²) in [4.78, 5) is 41.2. The van der Waals surface area contributed by atoms with E-state index in [2.05, 4.69) is 10.2 Å². The predicted molar refractivity (Wildman–Crippen MR) is 129 cm³/mol. The lowest BCUT2D eigenvalue weighted by Crippen LogP contribution is -2.51. The normalized spacial score (nSPS) is 16.8. The third-order valence-corrected chi connectivity index (χ3v) is 5.79. The molecule has 7 nitrogen and oxygen atoms in total. The van der Waals surface area contributed by atoms with Crippen molar-refractivity contribution >= 4 is 17.8 Å². The number of carbonyl (C=O) groups is 3. The molecule has 0 unspecified atom stereocenters. The summed E-state index contributed by atoms with van der Waals surface area (Å²) in [6.07, 6.45) is 1.86. The number of nitrogens with one attached hydrogen (secondary N) is 1. The van der Waals surface area contributed by atoms with Gasteiger partial charge in [0.2, 0.25) is 0 Å².